The van der Waals surface area contributed by atoms with Gasteiger partial charge in [-0.2, -0.15) is 0 Å². The van der Waals surface area contributed by atoms with Crippen LogP contribution in [0.25, 0.3) is 0 Å². The highest BCUT2D eigenvalue weighted by Gasteiger charge is 2.26. The van der Waals surface area contributed by atoms with Crippen LogP contribution in [0.5, 0.6) is 0 Å². The lowest BCUT2D eigenvalue weighted by Gasteiger charge is -2.23. The average Bonchev–Trinajstić information content (AvgIpc) is 2.23. The van der Waals surface area contributed by atoms with Gasteiger partial charge in [-0.15, -0.1) is 0 Å². The van der Waals surface area contributed by atoms with E-state index in [1.165, 1.54) is 18.9 Å². The van der Waals surface area contributed by atoms with E-state index < -0.39 is 24.1 Å². The van der Waals surface area contributed by atoms with E-state index in [4.69, 9.17) is 5.11 Å². The Morgan fingerprint density at radius 1 is 1.22 bits per heavy atom. The zero-order chi connectivity index (χ0) is 14.5. The molecule has 0 aliphatic heterocycles. The summed E-state index contributed by atoms with van der Waals surface area (Å²) in [6.07, 6.45) is -1.23. The molecule has 18 heavy (non-hydrogen) atoms. The smallest absolute Gasteiger partial charge is 0.328 e. The third-order valence-electron chi connectivity index (χ3n) is 2.25. The van der Waals surface area contributed by atoms with Gasteiger partial charge in [-0.25, -0.2) is 9.59 Å². The molecular weight excluding hydrogens is 242 g/mol. The van der Waals surface area contributed by atoms with Gasteiger partial charge < -0.3 is 25.3 Å². The number of likely N-dealkylation sites (N-methyl/N-ethyl adjacent to an activating group) is 2. The average molecular weight is 261 g/mol. The first-order chi connectivity index (χ1) is 8.16. The van der Waals surface area contributed by atoms with Crippen LogP contribution < -0.4 is 5.32 Å². The third-order valence-corrected chi connectivity index (χ3v) is 2.25. The summed E-state index contributed by atoms with van der Waals surface area (Å²) in [6, 6.07) is -2.15. The van der Waals surface area contributed by atoms with E-state index in [2.05, 4.69) is 5.32 Å². The predicted octanol–water partition coefficient (Wildman–Crippen LogP) is -1.45. The van der Waals surface area contributed by atoms with E-state index in [9.17, 15) is 19.5 Å². The number of hydrogen-bond donors (Lipinski definition) is 3. The standard InChI is InChI=1S/C10H19N3O5/c1-6(14)8(9(16)17)11-10(18)13(4)5-7(15)12(2)3/h6,8,14H,5H2,1-4H3,(H,11,18)(H,16,17). The summed E-state index contributed by atoms with van der Waals surface area (Å²) in [5.41, 5.74) is 0. The van der Waals surface area contributed by atoms with Gasteiger partial charge in [0.15, 0.2) is 6.04 Å². The van der Waals surface area contributed by atoms with Crippen LogP contribution in [-0.4, -0.2) is 77.8 Å². The fraction of sp³-hybridized carbons (Fsp3) is 0.700. The molecule has 3 N–H and O–H groups in total. The molecule has 3 amide bonds. The minimum atomic E-state index is -1.41. The van der Waals surface area contributed by atoms with E-state index in [1.54, 1.807) is 14.1 Å². The maximum absolute atomic E-state index is 11.6. The van der Waals surface area contributed by atoms with Crippen LogP contribution in [0.1, 0.15) is 6.92 Å². The first-order valence-electron chi connectivity index (χ1n) is 5.29. The van der Waals surface area contributed by atoms with Crippen molar-refractivity contribution in [1.82, 2.24) is 15.1 Å². The highest BCUT2D eigenvalue weighted by molar-refractivity contribution is 5.86. The Morgan fingerprint density at radius 3 is 2.06 bits per heavy atom. The molecule has 0 heterocycles. The van der Waals surface area contributed by atoms with Crippen LogP contribution in [0.4, 0.5) is 4.79 Å². The molecule has 0 saturated heterocycles. The van der Waals surface area contributed by atoms with Crippen LogP contribution in [0.3, 0.4) is 0 Å². The van der Waals surface area contributed by atoms with E-state index in [1.807, 2.05) is 0 Å². The molecule has 0 bridgehead atoms. The van der Waals surface area contributed by atoms with Crippen molar-refractivity contribution in [1.29, 1.82) is 0 Å². The summed E-state index contributed by atoms with van der Waals surface area (Å²) in [7, 11) is 4.45. The van der Waals surface area contributed by atoms with Gasteiger partial charge in [-0.3, -0.25) is 4.79 Å². The molecule has 0 aromatic heterocycles. The molecule has 2 unspecified atom stereocenters. The number of amides is 3. The Bertz CT molecular complexity index is 329. The number of aliphatic hydroxyl groups excluding tert-OH is 1. The molecule has 2 atom stereocenters. The second kappa shape index (κ2) is 6.80. The zero-order valence-corrected chi connectivity index (χ0v) is 10.9. The number of hydrogen-bond acceptors (Lipinski definition) is 4. The van der Waals surface area contributed by atoms with Gasteiger partial charge >= 0.3 is 12.0 Å². The van der Waals surface area contributed by atoms with Crippen molar-refractivity contribution in [3.63, 3.8) is 0 Å². The Labute approximate surface area is 105 Å². The summed E-state index contributed by atoms with van der Waals surface area (Å²) in [4.78, 5) is 36.1. The molecule has 0 aromatic carbocycles. The summed E-state index contributed by atoms with van der Waals surface area (Å²) in [6.45, 7) is 1.08. The molecule has 0 aliphatic carbocycles. The van der Waals surface area contributed by atoms with Crippen molar-refractivity contribution >= 4 is 17.9 Å². The first kappa shape index (κ1) is 16.2. The van der Waals surface area contributed by atoms with Gasteiger partial charge in [-0.05, 0) is 6.92 Å². The first-order valence-corrected chi connectivity index (χ1v) is 5.29. The molecule has 0 saturated carbocycles. The van der Waals surface area contributed by atoms with E-state index >= 15 is 0 Å². The molecular formula is C10H19N3O5. The third kappa shape index (κ3) is 5.00. The molecule has 8 nitrogen and oxygen atoms in total. The Kier molecular flexibility index (Phi) is 6.11. The van der Waals surface area contributed by atoms with Gasteiger partial charge in [0.05, 0.1) is 6.10 Å². The molecule has 0 fully saturated rings. The fourth-order valence-corrected chi connectivity index (χ4v) is 1.05. The number of carbonyl (C=O) groups is 3. The van der Waals surface area contributed by atoms with E-state index in [0.29, 0.717) is 0 Å². The minimum absolute atomic E-state index is 0.176. The van der Waals surface area contributed by atoms with Crippen molar-refractivity contribution < 1.29 is 24.6 Å². The normalized spacial score (nSPS) is 13.4. The van der Waals surface area contributed by atoms with E-state index in [-0.39, 0.29) is 12.5 Å². The topological polar surface area (TPSA) is 110 Å². The van der Waals surface area contributed by atoms with Crippen molar-refractivity contribution in [3.05, 3.63) is 0 Å². The highest BCUT2D eigenvalue weighted by atomic mass is 16.4. The van der Waals surface area contributed by atoms with Crippen molar-refractivity contribution in [2.45, 2.75) is 19.1 Å². The lowest BCUT2D eigenvalue weighted by atomic mass is 10.2. The second-order valence-electron chi connectivity index (χ2n) is 4.15. The molecule has 0 rings (SSSR count). The Morgan fingerprint density at radius 2 is 1.72 bits per heavy atom. The number of nitrogens with one attached hydrogen (secondary N) is 1. The molecule has 0 aliphatic rings. The van der Waals surface area contributed by atoms with Gasteiger partial charge in [0.25, 0.3) is 0 Å². The van der Waals surface area contributed by atoms with Gasteiger partial charge in [0.2, 0.25) is 5.91 Å². The molecule has 8 heteroatoms. The SMILES string of the molecule is CC(O)C(NC(=O)N(C)CC(=O)N(C)C)C(=O)O. The molecule has 104 valence electrons. The predicted molar refractivity (Wildman–Crippen MR) is 63.0 cm³/mol. The molecule has 0 radical (unpaired) electrons. The van der Waals surface area contributed by atoms with Crippen molar-refractivity contribution in [3.8, 4) is 0 Å². The molecule has 0 aromatic rings. The summed E-state index contributed by atoms with van der Waals surface area (Å²) in [5.74, 6) is -1.64. The van der Waals surface area contributed by atoms with Crippen LogP contribution in [0.2, 0.25) is 0 Å². The van der Waals surface area contributed by atoms with Crippen LogP contribution in [0, 0.1) is 0 Å². The number of carboxylic acids is 1. The quantitative estimate of drug-likeness (QED) is 0.561. The number of rotatable bonds is 5. The summed E-state index contributed by atoms with van der Waals surface area (Å²) < 4.78 is 0. The van der Waals surface area contributed by atoms with E-state index in [0.717, 1.165) is 4.90 Å². The number of urea groups is 1. The largest absolute Gasteiger partial charge is 0.480 e. The Hall–Kier alpha value is -1.83. The minimum Gasteiger partial charge on any atom is -0.480 e. The summed E-state index contributed by atoms with van der Waals surface area (Å²) >= 11 is 0. The van der Waals surface area contributed by atoms with Crippen molar-refractivity contribution in [2.75, 3.05) is 27.7 Å². The number of nitrogens with zero attached hydrogens (tertiary/aromatic N) is 2. The lowest BCUT2D eigenvalue weighted by Crippen LogP contribution is -2.52. The zero-order valence-electron chi connectivity index (χ0n) is 10.9. The lowest BCUT2D eigenvalue weighted by molar-refractivity contribution is -0.141. The van der Waals surface area contributed by atoms with Crippen molar-refractivity contribution in [2.24, 2.45) is 0 Å². The molecule has 0 spiro atoms. The number of aliphatic carboxylic acids is 1. The fourth-order valence-electron chi connectivity index (χ4n) is 1.05. The maximum atomic E-state index is 11.6. The number of carbonyl (C=O) groups excluding carboxylic acids is 2. The number of aliphatic hydroxyl groups is 1. The van der Waals surface area contributed by atoms with Gasteiger partial charge in [-0.1, -0.05) is 0 Å². The van der Waals surface area contributed by atoms with Gasteiger partial charge in [0.1, 0.15) is 6.54 Å². The number of carboxylic acid groups (broad SMARTS) is 1. The van der Waals surface area contributed by atoms with Gasteiger partial charge in [0, 0.05) is 21.1 Å². The van der Waals surface area contributed by atoms with Crippen LogP contribution in [-0.2, 0) is 9.59 Å². The Balaban J connectivity index is 4.47. The van der Waals surface area contributed by atoms with Crippen LogP contribution in [0.15, 0.2) is 0 Å². The summed E-state index contributed by atoms with van der Waals surface area (Å²) in [5, 5.41) is 20.1. The van der Waals surface area contributed by atoms with Crippen LogP contribution >= 0.6 is 0 Å². The monoisotopic (exact) mass is 261 g/mol. The second-order valence-corrected chi connectivity index (χ2v) is 4.15. The highest BCUT2D eigenvalue weighted by Crippen LogP contribution is 1.96. The maximum Gasteiger partial charge on any atom is 0.328 e.